The first-order valence-corrected chi connectivity index (χ1v) is 8.51. The summed E-state index contributed by atoms with van der Waals surface area (Å²) < 4.78 is 1.75. The van der Waals surface area contributed by atoms with Crippen LogP contribution in [-0.4, -0.2) is 26.6 Å². The number of carbonyl (C=O) groups excluding carboxylic acids is 2. The van der Waals surface area contributed by atoms with Crippen molar-refractivity contribution in [1.82, 2.24) is 20.1 Å². The van der Waals surface area contributed by atoms with Crippen molar-refractivity contribution < 1.29 is 9.59 Å². The molecule has 7 nitrogen and oxygen atoms in total. The fraction of sp³-hybridized carbons (Fsp3) is 0.412. The SMILES string of the molecule is CCCn1ncnc1C(C)NC(=O)CC(=O)Nc1cc(Cl)ccc1C. The van der Waals surface area contributed by atoms with Gasteiger partial charge in [-0.25, -0.2) is 9.67 Å². The van der Waals surface area contributed by atoms with Crippen LogP contribution in [0.4, 0.5) is 5.69 Å². The Morgan fingerprint density at radius 2 is 2.08 bits per heavy atom. The molecule has 25 heavy (non-hydrogen) atoms. The van der Waals surface area contributed by atoms with Crippen LogP contribution in [-0.2, 0) is 16.1 Å². The first-order chi connectivity index (χ1) is 11.9. The van der Waals surface area contributed by atoms with E-state index in [1.54, 1.807) is 22.9 Å². The highest BCUT2D eigenvalue weighted by Crippen LogP contribution is 2.20. The van der Waals surface area contributed by atoms with Crippen molar-refractivity contribution in [2.45, 2.75) is 46.2 Å². The summed E-state index contributed by atoms with van der Waals surface area (Å²) in [5.74, 6) is -0.109. The normalized spacial score (nSPS) is 11.8. The Labute approximate surface area is 151 Å². The van der Waals surface area contributed by atoms with Crippen LogP contribution >= 0.6 is 11.6 Å². The molecule has 0 aliphatic carbocycles. The third-order valence-corrected chi connectivity index (χ3v) is 3.88. The summed E-state index contributed by atoms with van der Waals surface area (Å²) in [6.45, 7) is 6.43. The summed E-state index contributed by atoms with van der Waals surface area (Å²) in [5, 5.41) is 10.1. The first-order valence-electron chi connectivity index (χ1n) is 8.13. The Morgan fingerprint density at radius 1 is 1.32 bits per heavy atom. The predicted octanol–water partition coefficient (Wildman–Crippen LogP) is 2.86. The number of halogens is 1. The Morgan fingerprint density at radius 3 is 2.80 bits per heavy atom. The quantitative estimate of drug-likeness (QED) is 0.740. The van der Waals surface area contributed by atoms with E-state index in [4.69, 9.17) is 11.6 Å². The molecule has 1 aromatic carbocycles. The summed E-state index contributed by atoms with van der Waals surface area (Å²) in [5.41, 5.74) is 1.47. The Hall–Kier alpha value is -2.41. The highest BCUT2D eigenvalue weighted by atomic mass is 35.5. The molecule has 2 aromatic rings. The minimum atomic E-state index is -0.398. The number of aryl methyl sites for hydroxylation is 2. The number of rotatable bonds is 7. The average molecular weight is 364 g/mol. The molecule has 0 aliphatic rings. The lowest BCUT2D eigenvalue weighted by Gasteiger charge is -2.14. The third-order valence-electron chi connectivity index (χ3n) is 3.64. The molecule has 1 atom stereocenters. The van der Waals surface area contributed by atoms with E-state index in [-0.39, 0.29) is 18.4 Å². The van der Waals surface area contributed by atoms with Crippen molar-refractivity contribution in [2.75, 3.05) is 5.32 Å². The number of hydrogen-bond acceptors (Lipinski definition) is 4. The van der Waals surface area contributed by atoms with Gasteiger partial charge in [0.25, 0.3) is 0 Å². The molecule has 0 fully saturated rings. The molecular weight excluding hydrogens is 342 g/mol. The molecule has 134 valence electrons. The van der Waals surface area contributed by atoms with E-state index in [0.29, 0.717) is 16.5 Å². The average Bonchev–Trinajstić information content (AvgIpc) is 2.99. The minimum absolute atomic E-state index is 0.280. The van der Waals surface area contributed by atoms with Crippen LogP contribution in [0.3, 0.4) is 0 Å². The summed E-state index contributed by atoms with van der Waals surface area (Å²) >= 11 is 5.93. The van der Waals surface area contributed by atoms with E-state index in [9.17, 15) is 9.59 Å². The van der Waals surface area contributed by atoms with Crippen LogP contribution in [0.2, 0.25) is 5.02 Å². The summed E-state index contributed by atoms with van der Waals surface area (Å²) in [4.78, 5) is 28.4. The van der Waals surface area contributed by atoms with E-state index in [1.807, 2.05) is 20.8 Å². The molecule has 1 aromatic heterocycles. The molecule has 0 radical (unpaired) electrons. The molecule has 1 heterocycles. The van der Waals surface area contributed by atoms with Gasteiger partial charge in [0.05, 0.1) is 6.04 Å². The van der Waals surface area contributed by atoms with Crippen molar-refractivity contribution in [3.63, 3.8) is 0 Å². The zero-order chi connectivity index (χ0) is 18.4. The zero-order valence-corrected chi connectivity index (χ0v) is 15.3. The number of nitrogens with one attached hydrogen (secondary N) is 2. The van der Waals surface area contributed by atoms with Crippen molar-refractivity contribution in [3.05, 3.63) is 40.9 Å². The van der Waals surface area contributed by atoms with Gasteiger partial charge in [-0.05, 0) is 38.0 Å². The maximum absolute atomic E-state index is 12.1. The molecule has 0 aliphatic heterocycles. The number of benzene rings is 1. The molecule has 2 amide bonds. The molecule has 0 bridgehead atoms. The van der Waals surface area contributed by atoms with Crippen molar-refractivity contribution in [1.29, 1.82) is 0 Å². The smallest absolute Gasteiger partial charge is 0.233 e. The van der Waals surface area contributed by atoms with Crippen LogP contribution in [0.1, 0.15) is 44.1 Å². The second kappa shape index (κ2) is 8.62. The van der Waals surface area contributed by atoms with Crippen molar-refractivity contribution in [2.24, 2.45) is 0 Å². The van der Waals surface area contributed by atoms with E-state index in [0.717, 1.165) is 18.5 Å². The molecule has 0 spiro atoms. The lowest BCUT2D eigenvalue weighted by Crippen LogP contribution is -2.32. The summed E-state index contributed by atoms with van der Waals surface area (Å²) in [6.07, 6.45) is 2.10. The van der Waals surface area contributed by atoms with Gasteiger partial charge in [0.15, 0.2) is 0 Å². The van der Waals surface area contributed by atoms with Gasteiger partial charge in [-0.2, -0.15) is 5.10 Å². The van der Waals surface area contributed by atoms with Crippen LogP contribution in [0.5, 0.6) is 0 Å². The maximum Gasteiger partial charge on any atom is 0.233 e. The second-order valence-corrected chi connectivity index (χ2v) is 6.25. The van der Waals surface area contributed by atoms with Gasteiger partial charge in [0.1, 0.15) is 18.6 Å². The minimum Gasteiger partial charge on any atom is -0.346 e. The summed E-state index contributed by atoms with van der Waals surface area (Å²) in [7, 11) is 0. The highest BCUT2D eigenvalue weighted by Gasteiger charge is 2.17. The molecule has 2 N–H and O–H groups in total. The van der Waals surface area contributed by atoms with Gasteiger partial charge in [-0.1, -0.05) is 24.6 Å². The van der Waals surface area contributed by atoms with E-state index < -0.39 is 5.91 Å². The van der Waals surface area contributed by atoms with Crippen LogP contribution in [0.25, 0.3) is 0 Å². The van der Waals surface area contributed by atoms with Gasteiger partial charge in [0, 0.05) is 17.3 Å². The monoisotopic (exact) mass is 363 g/mol. The van der Waals surface area contributed by atoms with E-state index >= 15 is 0 Å². The van der Waals surface area contributed by atoms with Gasteiger partial charge < -0.3 is 10.6 Å². The second-order valence-electron chi connectivity index (χ2n) is 5.81. The third kappa shape index (κ3) is 5.29. The molecule has 8 heteroatoms. The molecule has 0 saturated carbocycles. The highest BCUT2D eigenvalue weighted by molar-refractivity contribution is 6.31. The largest absolute Gasteiger partial charge is 0.346 e. The lowest BCUT2D eigenvalue weighted by atomic mass is 10.2. The van der Waals surface area contributed by atoms with Gasteiger partial charge in [-0.15, -0.1) is 0 Å². The van der Waals surface area contributed by atoms with Crippen molar-refractivity contribution >= 4 is 29.1 Å². The predicted molar refractivity (Wildman–Crippen MR) is 96.3 cm³/mol. The number of amides is 2. The number of hydrogen-bond donors (Lipinski definition) is 2. The number of aromatic nitrogens is 3. The number of nitrogens with zero attached hydrogens (tertiary/aromatic N) is 3. The van der Waals surface area contributed by atoms with Gasteiger partial charge >= 0.3 is 0 Å². The number of anilines is 1. The fourth-order valence-electron chi connectivity index (χ4n) is 2.42. The molecule has 2 rings (SSSR count). The zero-order valence-electron chi connectivity index (χ0n) is 14.5. The standard InChI is InChI=1S/C17H22ClN5O2/c1-4-7-23-17(19-10-20-23)12(3)21-15(24)9-16(25)22-14-8-13(18)6-5-11(14)2/h5-6,8,10,12H,4,7,9H2,1-3H3,(H,21,24)(H,22,25). The maximum atomic E-state index is 12.1. The topological polar surface area (TPSA) is 88.9 Å². The van der Waals surface area contributed by atoms with Gasteiger partial charge in [-0.3, -0.25) is 9.59 Å². The van der Waals surface area contributed by atoms with Crippen LogP contribution < -0.4 is 10.6 Å². The van der Waals surface area contributed by atoms with E-state index in [1.165, 1.54) is 6.33 Å². The summed E-state index contributed by atoms with van der Waals surface area (Å²) in [6, 6.07) is 4.87. The molecular formula is C17H22ClN5O2. The molecule has 1 unspecified atom stereocenters. The molecule has 0 saturated heterocycles. The van der Waals surface area contributed by atoms with Crippen molar-refractivity contribution in [3.8, 4) is 0 Å². The lowest BCUT2D eigenvalue weighted by molar-refractivity contribution is -0.127. The van der Waals surface area contributed by atoms with Crippen LogP contribution in [0, 0.1) is 6.92 Å². The number of carbonyl (C=O) groups is 2. The fourth-order valence-corrected chi connectivity index (χ4v) is 2.59. The Kier molecular flexibility index (Phi) is 6.52. The van der Waals surface area contributed by atoms with E-state index in [2.05, 4.69) is 20.7 Å². The Bertz CT molecular complexity index is 759. The van der Waals surface area contributed by atoms with Gasteiger partial charge in [0.2, 0.25) is 11.8 Å². The van der Waals surface area contributed by atoms with Crippen LogP contribution in [0.15, 0.2) is 24.5 Å². The Balaban J connectivity index is 1.91. The first kappa shape index (κ1) is 18.9.